The lowest BCUT2D eigenvalue weighted by atomic mass is 10.1. The SMILES string of the molecule is CCNCC(C)C(=O)Nc1cnc(Cl)cc1C. The van der Waals surface area contributed by atoms with Gasteiger partial charge >= 0.3 is 0 Å². The number of hydrogen-bond donors (Lipinski definition) is 2. The molecular formula is C12H18ClN3O. The lowest BCUT2D eigenvalue weighted by Crippen LogP contribution is -2.30. The zero-order valence-corrected chi connectivity index (χ0v) is 11.1. The van der Waals surface area contributed by atoms with Gasteiger partial charge in [-0.1, -0.05) is 25.4 Å². The summed E-state index contributed by atoms with van der Waals surface area (Å²) in [5.74, 6) is -0.0943. The second-order valence-electron chi connectivity index (χ2n) is 4.02. The Labute approximate surface area is 107 Å². The molecule has 1 rings (SSSR count). The Morgan fingerprint density at radius 2 is 2.29 bits per heavy atom. The van der Waals surface area contributed by atoms with E-state index in [1.54, 1.807) is 12.3 Å². The quantitative estimate of drug-likeness (QED) is 0.794. The van der Waals surface area contributed by atoms with Gasteiger partial charge in [0.1, 0.15) is 5.15 Å². The summed E-state index contributed by atoms with van der Waals surface area (Å²) in [6.07, 6.45) is 1.58. The highest BCUT2D eigenvalue weighted by atomic mass is 35.5. The van der Waals surface area contributed by atoms with Crippen LogP contribution in [0.15, 0.2) is 12.3 Å². The van der Waals surface area contributed by atoms with Crippen molar-refractivity contribution in [2.45, 2.75) is 20.8 Å². The van der Waals surface area contributed by atoms with Gasteiger partial charge in [0.2, 0.25) is 5.91 Å². The molecule has 0 saturated heterocycles. The van der Waals surface area contributed by atoms with Gasteiger partial charge in [0.05, 0.1) is 11.9 Å². The number of aromatic nitrogens is 1. The second kappa shape index (κ2) is 6.57. The Morgan fingerprint density at radius 1 is 1.59 bits per heavy atom. The average Bonchev–Trinajstić information content (AvgIpc) is 2.29. The van der Waals surface area contributed by atoms with Crippen LogP contribution in [-0.2, 0) is 4.79 Å². The van der Waals surface area contributed by atoms with E-state index in [0.29, 0.717) is 17.4 Å². The number of anilines is 1. The third-order valence-corrected chi connectivity index (χ3v) is 2.69. The fourth-order valence-corrected chi connectivity index (χ4v) is 1.57. The number of rotatable bonds is 5. The Morgan fingerprint density at radius 3 is 2.88 bits per heavy atom. The summed E-state index contributed by atoms with van der Waals surface area (Å²) < 4.78 is 0. The van der Waals surface area contributed by atoms with Crippen LogP contribution < -0.4 is 10.6 Å². The van der Waals surface area contributed by atoms with Crippen LogP contribution in [0.2, 0.25) is 5.15 Å². The molecule has 0 aliphatic carbocycles. The van der Waals surface area contributed by atoms with Crippen LogP contribution in [0.1, 0.15) is 19.4 Å². The smallest absolute Gasteiger partial charge is 0.228 e. The minimum Gasteiger partial charge on any atom is -0.324 e. The first-order valence-corrected chi connectivity index (χ1v) is 6.06. The molecule has 0 aromatic carbocycles. The van der Waals surface area contributed by atoms with Gasteiger partial charge in [-0.25, -0.2) is 4.98 Å². The molecule has 0 saturated carbocycles. The maximum atomic E-state index is 11.8. The fourth-order valence-electron chi connectivity index (χ4n) is 1.36. The molecule has 4 nitrogen and oxygen atoms in total. The van der Waals surface area contributed by atoms with Crippen LogP contribution >= 0.6 is 11.6 Å². The van der Waals surface area contributed by atoms with E-state index in [-0.39, 0.29) is 11.8 Å². The third-order valence-electron chi connectivity index (χ3n) is 2.48. The van der Waals surface area contributed by atoms with Crippen molar-refractivity contribution in [1.82, 2.24) is 10.3 Å². The van der Waals surface area contributed by atoms with E-state index >= 15 is 0 Å². The lowest BCUT2D eigenvalue weighted by Gasteiger charge is -2.13. The lowest BCUT2D eigenvalue weighted by molar-refractivity contribution is -0.119. The van der Waals surface area contributed by atoms with Gasteiger partial charge < -0.3 is 10.6 Å². The molecule has 0 aliphatic rings. The molecule has 0 radical (unpaired) electrons. The van der Waals surface area contributed by atoms with E-state index in [9.17, 15) is 4.79 Å². The van der Waals surface area contributed by atoms with Crippen molar-refractivity contribution in [1.29, 1.82) is 0 Å². The van der Waals surface area contributed by atoms with E-state index in [4.69, 9.17) is 11.6 Å². The van der Waals surface area contributed by atoms with Gasteiger partial charge in [-0.15, -0.1) is 0 Å². The summed E-state index contributed by atoms with van der Waals surface area (Å²) in [5.41, 5.74) is 1.62. The number of pyridine rings is 1. The predicted octanol–water partition coefficient (Wildman–Crippen LogP) is 2.23. The summed E-state index contributed by atoms with van der Waals surface area (Å²) in [6.45, 7) is 7.31. The van der Waals surface area contributed by atoms with Crippen molar-refractivity contribution in [3.8, 4) is 0 Å². The molecular weight excluding hydrogens is 238 g/mol. The molecule has 94 valence electrons. The maximum Gasteiger partial charge on any atom is 0.228 e. The number of carbonyl (C=O) groups is 1. The van der Waals surface area contributed by atoms with Crippen LogP contribution in [0.5, 0.6) is 0 Å². The summed E-state index contributed by atoms with van der Waals surface area (Å²) >= 11 is 5.75. The van der Waals surface area contributed by atoms with Gasteiger partial charge in [-0.3, -0.25) is 4.79 Å². The Bertz CT molecular complexity index is 395. The zero-order chi connectivity index (χ0) is 12.8. The highest BCUT2D eigenvalue weighted by Gasteiger charge is 2.13. The largest absolute Gasteiger partial charge is 0.324 e. The van der Waals surface area contributed by atoms with Crippen LogP contribution in [0.4, 0.5) is 5.69 Å². The summed E-state index contributed by atoms with van der Waals surface area (Å²) in [6, 6.07) is 1.73. The van der Waals surface area contributed by atoms with Crippen molar-refractivity contribution in [2.75, 3.05) is 18.4 Å². The van der Waals surface area contributed by atoms with Gasteiger partial charge in [0.25, 0.3) is 0 Å². The number of amides is 1. The molecule has 1 atom stereocenters. The number of halogens is 1. The average molecular weight is 256 g/mol. The number of hydrogen-bond acceptors (Lipinski definition) is 3. The topological polar surface area (TPSA) is 54.0 Å². The summed E-state index contributed by atoms with van der Waals surface area (Å²) in [7, 11) is 0. The molecule has 1 aromatic rings. The minimum absolute atomic E-state index is 0.0156. The highest BCUT2D eigenvalue weighted by molar-refractivity contribution is 6.29. The van der Waals surface area contributed by atoms with Crippen molar-refractivity contribution in [2.24, 2.45) is 5.92 Å². The summed E-state index contributed by atoms with van der Waals surface area (Å²) in [5, 5.41) is 6.42. The van der Waals surface area contributed by atoms with Crippen molar-refractivity contribution >= 4 is 23.2 Å². The number of nitrogens with one attached hydrogen (secondary N) is 2. The van der Waals surface area contributed by atoms with Crippen LogP contribution in [0, 0.1) is 12.8 Å². The maximum absolute atomic E-state index is 11.8. The molecule has 1 amide bonds. The van der Waals surface area contributed by atoms with Crippen LogP contribution in [-0.4, -0.2) is 24.0 Å². The first kappa shape index (κ1) is 13.9. The van der Waals surface area contributed by atoms with Gasteiger partial charge in [-0.2, -0.15) is 0 Å². The molecule has 1 heterocycles. The van der Waals surface area contributed by atoms with E-state index in [0.717, 1.165) is 12.1 Å². The third kappa shape index (κ3) is 4.32. The van der Waals surface area contributed by atoms with E-state index in [1.807, 2.05) is 20.8 Å². The molecule has 0 fully saturated rings. The van der Waals surface area contributed by atoms with Crippen molar-refractivity contribution < 1.29 is 4.79 Å². The molecule has 1 aromatic heterocycles. The number of nitrogens with zero attached hydrogens (tertiary/aromatic N) is 1. The van der Waals surface area contributed by atoms with E-state index in [2.05, 4.69) is 15.6 Å². The first-order valence-electron chi connectivity index (χ1n) is 5.68. The van der Waals surface area contributed by atoms with Gasteiger partial charge in [0, 0.05) is 12.5 Å². The standard InChI is InChI=1S/C12H18ClN3O/c1-4-14-6-9(3)12(17)16-10-7-15-11(13)5-8(10)2/h5,7,9,14H,4,6H2,1-3H3,(H,16,17). The Hall–Kier alpha value is -1.13. The molecule has 0 bridgehead atoms. The van der Waals surface area contributed by atoms with Gasteiger partial charge in [-0.05, 0) is 25.1 Å². The molecule has 0 aliphatic heterocycles. The zero-order valence-electron chi connectivity index (χ0n) is 10.4. The number of aryl methyl sites for hydroxylation is 1. The molecule has 2 N–H and O–H groups in total. The molecule has 0 spiro atoms. The minimum atomic E-state index is -0.0787. The first-order chi connectivity index (χ1) is 8.04. The van der Waals surface area contributed by atoms with Crippen molar-refractivity contribution in [3.63, 3.8) is 0 Å². The van der Waals surface area contributed by atoms with Gasteiger partial charge in [0.15, 0.2) is 0 Å². The second-order valence-corrected chi connectivity index (χ2v) is 4.41. The predicted molar refractivity (Wildman–Crippen MR) is 70.3 cm³/mol. The van der Waals surface area contributed by atoms with Crippen molar-refractivity contribution in [3.05, 3.63) is 23.0 Å². The van der Waals surface area contributed by atoms with E-state index in [1.165, 1.54) is 0 Å². The Kier molecular flexibility index (Phi) is 5.38. The summed E-state index contributed by atoms with van der Waals surface area (Å²) in [4.78, 5) is 15.8. The normalized spacial score (nSPS) is 12.2. The van der Waals surface area contributed by atoms with E-state index < -0.39 is 0 Å². The number of carbonyl (C=O) groups excluding carboxylic acids is 1. The molecule has 1 unspecified atom stereocenters. The molecule has 5 heteroatoms. The highest BCUT2D eigenvalue weighted by Crippen LogP contribution is 2.17. The molecule has 17 heavy (non-hydrogen) atoms. The Balaban J connectivity index is 2.61. The fraction of sp³-hybridized carbons (Fsp3) is 0.500. The van der Waals surface area contributed by atoms with Crippen LogP contribution in [0.3, 0.4) is 0 Å². The van der Waals surface area contributed by atoms with Crippen LogP contribution in [0.25, 0.3) is 0 Å². The monoisotopic (exact) mass is 255 g/mol.